The summed E-state index contributed by atoms with van der Waals surface area (Å²) >= 11 is 19.5. The lowest BCUT2D eigenvalue weighted by Gasteiger charge is -2.09. The Labute approximate surface area is 175 Å². The second-order valence-corrected chi connectivity index (χ2v) is 8.22. The van der Waals surface area contributed by atoms with E-state index in [1.165, 1.54) is 0 Å². The van der Waals surface area contributed by atoms with Crippen molar-refractivity contribution >= 4 is 73.8 Å². The van der Waals surface area contributed by atoms with Gasteiger partial charge in [-0.15, -0.1) is 11.3 Å². The maximum atomic E-state index is 12.4. The zero-order valence-corrected chi connectivity index (χ0v) is 17.4. The van der Waals surface area contributed by atoms with Gasteiger partial charge in [0.2, 0.25) is 0 Å². The van der Waals surface area contributed by atoms with Gasteiger partial charge in [-0.25, -0.2) is 4.79 Å². The van der Waals surface area contributed by atoms with Crippen molar-refractivity contribution in [3.8, 4) is 0 Å². The van der Waals surface area contributed by atoms with Crippen molar-refractivity contribution in [2.45, 2.75) is 13.8 Å². The molecule has 0 unspecified atom stereocenters. The first-order chi connectivity index (χ1) is 12.8. The number of ether oxygens (including phenoxy) is 1. The smallest absolute Gasteiger partial charge is 0.350 e. The summed E-state index contributed by atoms with van der Waals surface area (Å²) in [5, 5.41) is 4.26. The third kappa shape index (κ3) is 4.38. The molecule has 0 spiro atoms. The van der Waals surface area contributed by atoms with Crippen LogP contribution in [0.25, 0.3) is 10.1 Å². The zero-order chi connectivity index (χ0) is 19.7. The summed E-state index contributed by atoms with van der Waals surface area (Å²) in [4.78, 5) is 24.6. The number of benzene rings is 2. The fourth-order valence-corrected chi connectivity index (χ4v) is 4.76. The molecule has 0 radical (unpaired) electrons. The van der Waals surface area contributed by atoms with E-state index in [2.05, 4.69) is 5.32 Å². The van der Waals surface area contributed by atoms with Gasteiger partial charge in [-0.2, -0.15) is 0 Å². The summed E-state index contributed by atoms with van der Waals surface area (Å²) in [5.41, 5.74) is 2.61. The number of aryl methyl sites for hydroxylation is 2. The number of amides is 1. The molecule has 1 N–H and O–H groups in total. The van der Waals surface area contributed by atoms with Crippen molar-refractivity contribution in [1.29, 1.82) is 0 Å². The molecule has 8 heteroatoms. The molecule has 0 atom stereocenters. The summed E-state index contributed by atoms with van der Waals surface area (Å²) in [6, 6.07) is 8.93. The number of nitrogens with one attached hydrogen (secondary N) is 1. The number of hydrogen-bond acceptors (Lipinski definition) is 4. The van der Waals surface area contributed by atoms with Crippen LogP contribution in [0.3, 0.4) is 0 Å². The molecule has 0 saturated heterocycles. The van der Waals surface area contributed by atoms with E-state index >= 15 is 0 Å². The summed E-state index contributed by atoms with van der Waals surface area (Å²) in [5.74, 6) is -1.13. The van der Waals surface area contributed by atoms with Gasteiger partial charge in [-0.3, -0.25) is 4.79 Å². The Morgan fingerprint density at radius 1 is 1.11 bits per heavy atom. The molecule has 4 nitrogen and oxygen atoms in total. The van der Waals surface area contributed by atoms with Crippen molar-refractivity contribution in [3.63, 3.8) is 0 Å². The van der Waals surface area contributed by atoms with Crippen molar-refractivity contribution in [3.05, 3.63) is 61.4 Å². The maximum absolute atomic E-state index is 12.4. The third-order valence-electron chi connectivity index (χ3n) is 3.84. The number of carbonyl (C=O) groups is 2. The topological polar surface area (TPSA) is 55.4 Å². The minimum absolute atomic E-state index is 0.176. The fourth-order valence-electron chi connectivity index (χ4n) is 2.50. The molecular formula is C19H14Cl3NO3S. The van der Waals surface area contributed by atoms with Crippen LogP contribution in [-0.2, 0) is 9.53 Å². The molecule has 0 aliphatic heterocycles. The monoisotopic (exact) mass is 441 g/mol. The van der Waals surface area contributed by atoms with E-state index in [9.17, 15) is 9.59 Å². The lowest BCUT2D eigenvalue weighted by molar-refractivity contribution is -0.119. The van der Waals surface area contributed by atoms with E-state index in [1.54, 1.807) is 12.1 Å². The van der Waals surface area contributed by atoms with Gasteiger partial charge < -0.3 is 10.1 Å². The van der Waals surface area contributed by atoms with Crippen LogP contribution in [0.1, 0.15) is 20.8 Å². The third-order valence-corrected chi connectivity index (χ3v) is 5.96. The van der Waals surface area contributed by atoms with Crippen molar-refractivity contribution in [1.82, 2.24) is 0 Å². The number of carbonyl (C=O) groups excluding carboxylic acids is 2. The molecule has 1 aromatic heterocycles. The van der Waals surface area contributed by atoms with E-state index in [4.69, 9.17) is 39.5 Å². The van der Waals surface area contributed by atoms with Gasteiger partial charge in [-0.05, 0) is 43.2 Å². The molecule has 1 amide bonds. The van der Waals surface area contributed by atoms with Gasteiger partial charge in [0, 0.05) is 20.8 Å². The Morgan fingerprint density at radius 3 is 2.59 bits per heavy atom. The maximum Gasteiger partial charge on any atom is 0.350 e. The normalized spacial score (nSPS) is 10.9. The van der Waals surface area contributed by atoms with E-state index < -0.39 is 18.5 Å². The molecule has 2 aromatic carbocycles. The number of fused-ring (bicyclic) bond motifs is 1. The van der Waals surface area contributed by atoms with Crippen LogP contribution in [0.2, 0.25) is 15.1 Å². The van der Waals surface area contributed by atoms with Crippen LogP contribution < -0.4 is 5.32 Å². The predicted molar refractivity (Wildman–Crippen MR) is 112 cm³/mol. The van der Waals surface area contributed by atoms with Crippen LogP contribution in [0.5, 0.6) is 0 Å². The highest BCUT2D eigenvalue weighted by molar-refractivity contribution is 7.21. The SMILES string of the molecule is Cc1ccc(C)c(NC(=O)COC(=O)c2sc3cc(Cl)cc(Cl)c3c2Cl)c1. The van der Waals surface area contributed by atoms with Crippen LogP contribution in [0, 0.1) is 13.8 Å². The predicted octanol–water partition coefficient (Wildman–Crippen LogP) is 6.27. The van der Waals surface area contributed by atoms with Crippen molar-refractivity contribution in [2.24, 2.45) is 0 Å². The van der Waals surface area contributed by atoms with E-state index in [0.717, 1.165) is 22.5 Å². The van der Waals surface area contributed by atoms with Gasteiger partial charge in [0.25, 0.3) is 5.91 Å². The largest absolute Gasteiger partial charge is 0.451 e. The Kier molecular flexibility index (Phi) is 5.96. The van der Waals surface area contributed by atoms with Crippen molar-refractivity contribution < 1.29 is 14.3 Å². The first-order valence-electron chi connectivity index (χ1n) is 7.87. The standard InChI is InChI=1S/C19H14Cl3NO3S/c1-9-3-4-10(2)13(5-9)23-15(24)8-26-19(25)18-17(22)16-12(21)6-11(20)7-14(16)27-18/h3-7H,8H2,1-2H3,(H,23,24). The van der Waals surface area contributed by atoms with E-state index in [-0.39, 0.29) is 9.90 Å². The number of rotatable bonds is 4. The number of esters is 1. The Hall–Kier alpha value is -1.79. The number of thiophene rings is 1. The molecule has 0 fully saturated rings. The van der Waals surface area contributed by atoms with Gasteiger partial charge in [0.15, 0.2) is 6.61 Å². The number of halogens is 3. The molecule has 3 aromatic rings. The first-order valence-corrected chi connectivity index (χ1v) is 9.82. The second kappa shape index (κ2) is 8.07. The molecule has 0 aliphatic carbocycles. The first kappa shape index (κ1) is 20.0. The Balaban J connectivity index is 1.71. The molecule has 0 bridgehead atoms. The molecule has 27 heavy (non-hydrogen) atoms. The van der Waals surface area contributed by atoms with Crippen LogP contribution in [-0.4, -0.2) is 18.5 Å². The molecule has 3 rings (SSSR count). The molecule has 0 saturated carbocycles. The summed E-state index contributed by atoms with van der Waals surface area (Å²) in [6.45, 7) is 3.38. The average Bonchev–Trinajstić information content (AvgIpc) is 2.92. The minimum Gasteiger partial charge on any atom is -0.451 e. The van der Waals surface area contributed by atoms with Crippen LogP contribution in [0.15, 0.2) is 30.3 Å². The number of hydrogen-bond donors (Lipinski definition) is 1. The molecule has 1 heterocycles. The highest BCUT2D eigenvalue weighted by atomic mass is 35.5. The van der Waals surface area contributed by atoms with E-state index in [0.29, 0.717) is 25.8 Å². The lowest BCUT2D eigenvalue weighted by Crippen LogP contribution is -2.21. The van der Waals surface area contributed by atoms with Crippen LogP contribution >= 0.6 is 46.1 Å². The highest BCUT2D eigenvalue weighted by Gasteiger charge is 2.21. The van der Waals surface area contributed by atoms with Gasteiger partial charge >= 0.3 is 5.97 Å². The van der Waals surface area contributed by atoms with Gasteiger partial charge in [0.1, 0.15) is 4.88 Å². The second-order valence-electron chi connectivity index (χ2n) is 5.95. The van der Waals surface area contributed by atoms with Gasteiger partial charge in [-0.1, -0.05) is 46.9 Å². The van der Waals surface area contributed by atoms with E-state index in [1.807, 2.05) is 32.0 Å². The average molecular weight is 443 g/mol. The molecule has 140 valence electrons. The van der Waals surface area contributed by atoms with Crippen LogP contribution in [0.4, 0.5) is 5.69 Å². The Morgan fingerprint density at radius 2 is 1.85 bits per heavy atom. The summed E-state index contributed by atoms with van der Waals surface area (Å²) in [7, 11) is 0. The molecule has 0 aliphatic rings. The fraction of sp³-hybridized carbons (Fsp3) is 0.158. The number of anilines is 1. The minimum atomic E-state index is -0.690. The Bertz CT molecular complexity index is 1060. The highest BCUT2D eigenvalue weighted by Crippen LogP contribution is 2.41. The quantitative estimate of drug-likeness (QED) is 0.484. The summed E-state index contributed by atoms with van der Waals surface area (Å²) < 4.78 is 5.78. The van der Waals surface area contributed by atoms with Crippen molar-refractivity contribution in [2.75, 3.05) is 11.9 Å². The van der Waals surface area contributed by atoms with Gasteiger partial charge in [0.05, 0.1) is 10.0 Å². The molecular weight excluding hydrogens is 429 g/mol. The lowest BCUT2D eigenvalue weighted by atomic mass is 10.1. The summed E-state index contributed by atoms with van der Waals surface area (Å²) in [6.07, 6.45) is 0. The zero-order valence-electron chi connectivity index (χ0n) is 14.4.